The molecule has 6 heteroatoms. The summed E-state index contributed by atoms with van der Waals surface area (Å²) in [6, 6.07) is 0.963. The molecule has 0 heterocycles. The highest BCUT2D eigenvalue weighted by Crippen LogP contribution is 2.40. The average molecular weight is 220 g/mol. The van der Waals surface area contributed by atoms with E-state index in [0.717, 1.165) is 6.07 Å². The second kappa shape index (κ2) is 4.36. The highest BCUT2D eigenvalue weighted by atomic mass is 35.5. The monoisotopic (exact) mass is 219 g/mol. The number of benzene rings is 1. The lowest BCUT2D eigenvalue weighted by Crippen LogP contribution is -2.04. The highest BCUT2D eigenvalue weighted by molar-refractivity contribution is 6.33. The van der Waals surface area contributed by atoms with Crippen LogP contribution in [0, 0.1) is 0 Å². The number of rotatable bonds is 3. The van der Waals surface area contributed by atoms with E-state index in [2.05, 4.69) is 4.84 Å². The van der Waals surface area contributed by atoms with Crippen molar-refractivity contribution in [3.05, 3.63) is 16.7 Å². The molecule has 0 fully saturated rings. The second-order valence-electron chi connectivity index (χ2n) is 2.68. The summed E-state index contributed by atoms with van der Waals surface area (Å²) in [6.45, 7) is 0.121. The number of nitrogens with two attached hydrogens (primary N) is 1. The quantitative estimate of drug-likeness (QED) is 0.344. The zero-order valence-corrected chi connectivity index (χ0v) is 7.95. The average Bonchev–Trinajstić information content (AvgIpc) is 2.15. The van der Waals surface area contributed by atoms with E-state index in [-0.39, 0.29) is 35.1 Å². The van der Waals surface area contributed by atoms with E-state index in [9.17, 15) is 10.2 Å². The lowest BCUT2D eigenvalue weighted by Gasteiger charge is -2.09. The summed E-state index contributed by atoms with van der Waals surface area (Å²) in [7, 11) is 0. The van der Waals surface area contributed by atoms with Gasteiger partial charge >= 0.3 is 0 Å². The van der Waals surface area contributed by atoms with Crippen LogP contribution in [-0.2, 0) is 11.3 Å². The van der Waals surface area contributed by atoms with Crippen LogP contribution in [-0.4, -0.2) is 21.9 Å². The molecule has 5 N–H and O–H groups in total. The molecule has 0 spiro atoms. The van der Waals surface area contributed by atoms with Crippen molar-refractivity contribution in [3.63, 3.8) is 0 Å². The van der Waals surface area contributed by atoms with Crippen molar-refractivity contribution < 1.29 is 20.2 Å². The summed E-state index contributed by atoms with van der Waals surface area (Å²) in [5.74, 6) is 3.70. The first-order valence-electron chi connectivity index (χ1n) is 3.82. The van der Waals surface area contributed by atoms with Crippen LogP contribution in [0.4, 0.5) is 0 Å². The third-order valence-corrected chi connectivity index (χ3v) is 2.18. The minimum absolute atomic E-state index is 0.0163. The number of phenolic OH excluding ortho intramolecular Hbond substituents is 3. The van der Waals surface area contributed by atoms with E-state index < -0.39 is 5.75 Å². The third kappa shape index (κ3) is 2.01. The van der Waals surface area contributed by atoms with Crippen LogP contribution < -0.4 is 5.90 Å². The fraction of sp³-hybridized carbons (Fsp3) is 0.250. The number of hydrogen-bond acceptors (Lipinski definition) is 5. The van der Waals surface area contributed by atoms with Crippen molar-refractivity contribution in [2.75, 3.05) is 6.61 Å². The summed E-state index contributed by atoms with van der Waals surface area (Å²) in [5.41, 5.74) is 0.203. The maximum absolute atomic E-state index is 9.39. The van der Waals surface area contributed by atoms with Crippen LogP contribution in [0.5, 0.6) is 17.2 Å². The molecular weight excluding hydrogens is 210 g/mol. The molecular formula is C8H10ClNO4. The molecule has 1 aromatic carbocycles. The molecule has 0 atom stereocenters. The van der Waals surface area contributed by atoms with Gasteiger partial charge in [-0.3, -0.25) is 0 Å². The van der Waals surface area contributed by atoms with Gasteiger partial charge in [-0.05, 0) is 0 Å². The third-order valence-electron chi connectivity index (χ3n) is 1.76. The number of phenols is 3. The molecule has 0 bridgehead atoms. The minimum Gasteiger partial charge on any atom is -0.506 e. The van der Waals surface area contributed by atoms with Crippen molar-refractivity contribution in [1.29, 1.82) is 0 Å². The topological polar surface area (TPSA) is 95.9 Å². The molecule has 0 aliphatic rings. The van der Waals surface area contributed by atoms with Gasteiger partial charge in [-0.2, -0.15) is 0 Å². The zero-order valence-electron chi connectivity index (χ0n) is 7.20. The van der Waals surface area contributed by atoms with E-state index in [1.165, 1.54) is 0 Å². The molecule has 0 saturated heterocycles. The van der Waals surface area contributed by atoms with Crippen molar-refractivity contribution >= 4 is 11.6 Å². The van der Waals surface area contributed by atoms with E-state index in [4.69, 9.17) is 22.6 Å². The lowest BCUT2D eigenvalue weighted by molar-refractivity contribution is 0.140. The predicted octanol–water partition coefficient (Wildman–Crippen LogP) is 0.890. The number of halogens is 1. The molecule has 5 nitrogen and oxygen atoms in total. The summed E-state index contributed by atoms with van der Waals surface area (Å²) >= 11 is 5.69. The Balaban J connectivity index is 3.11. The van der Waals surface area contributed by atoms with Crippen molar-refractivity contribution in [1.82, 2.24) is 0 Å². The molecule has 0 aliphatic heterocycles. The Morgan fingerprint density at radius 1 is 1.29 bits per heavy atom. The van der Waals surface area contributed by atoms with Crippen LogP contribution in [0.2, 0.25) is 5.02 Å². The Labute approximate surface area is 85.3 Å². The van der Waals surface area contributed by atoms with Crippen LogP contribution in [0.25, 0.3) is 0 Å². The van der Waals surface area contributed by atoms with Crippen LogP contribution in [0.3, 0.4) is 0 Å². The Kier molecular flexibility index (Phi) is 3.40. The Hall–Kier alpha value is -1.17. The Morgan fingerprint density at radius 2 is 1.93 bits per heavy atom. The van der Waals surface area contributed by atoms with Crippen LogP contribution in [0.1, 0.15) is 5.56 Å². The summed E-state index contributed by atoms with van der Waals surface area (Å²) in [4.78, 5) is 4.30. The van der Waals surface area contributed by atoms with E-state index in [0.29, 0.717) is 0 Å². The molecule has 0 radical (unpaired) electrons. The van der Waals surface area contributed by atoms with Gasteiger partial charge in [0.1, 0.15) is 5.75 Å². The van der Waals surface area contributed by atoms with Gasteiger partial charge in [0.2, 0.25) is 0 Å². The fourth-order valence-electron chi connectivity index (χ4n) is 1.06. The normalized spacial score (nSPS) is 10.4. The fourth-order valence-corrected chi connectivity index (χ4v) is 1.30. The summed E-state index contributed by atoms with van der Waals surface area (Å²) in [6.07, 6.45) is 0.198. The largest absolute Gasteiger partial charge is 0.506 e. The first-order valence-corrected chi connectivity index (χ1v) is 4.19. The highest BCUT2D eigenvalue weighted by Gasteiger charge is 2.15. The second-order valence-corrected chi connectivity index (χ2v) is 3.05. The van der Waals surface area contributed by atoms with Crippen molar-refractivity contribution in [2.24, 2.45) is 5.90 Å². The first kappa shape index (κ1) is 10.9. The first-order chi connectivity index (χ1) is 6.57. The molecule has 0 unspecified atom stereocenters. The molecule has 78 valence electrons. The Bertz CT molecular complexity index is 316. The van der Waals surface area contributed by atoms with Gasteiger partial charge in [0.25, 0.3) is 0 Å². The van der Waals surface area contributed by atoms with Crippen molar-refractivity contribution in [2.45, 2.75) is 6.42 Å². The van der Waals surface area contributed by atoms with Gasteiger partial charge in [0.15, 0.2) is 11.5 Å². The number of aromatic hydroxyl groups is 3. The molecule has 1 rings (SSSR count). The zero-order chi connectivity index (χ0) is 10.7. The standard InChI is InChI=1S/C8H10ClNO4/c9-7-4(1-2-14-10)8(13)6(12)3-5(7)11/h3,11-13H,1-2,10H2. The maximum atomic E-state index is 9.39. The smallest absolute Gasteiger partial charge is 0.162 e. The van der Waals surface area contributed by atoms with E-state index in [1.54, 1.807) is 0 Å². The molecule has 0 aliphatic carbocycles. The molecule has 0 saturated carbocycles. The SMILES string of the molecule is NOCCc1c(O)c(O)cc(O)c1Cl. The van der Waals surface area contributed by atoms with Gasteiger partial charge in [0, 0.05) is 18.1 Å². The maximum Gasteiger partial charge on any atom is 0.162 e. The van der Waals surface area contributed by atoms with Crippen LogP contribution in [0.15, 0.2) is 6.07 Å². The Morgan fingerprint density at radius 3 is 2.50 bits per heavy atom. The van der Waals surface area contributed by atoms with E-state index >= 15 is 0 Å². The van der Waals surface area contributed by atoms with E-state index in [1.807, 2.05) is 0 Å². The molecule has 0 amide bonds. The summed E-state index contributed by atoms with van der Waals surface area (Å²) < 4.78 is 0. The van der Waals surface area contributed by atoms with Gasteiger partial charge in [-0.15, -0.1) is 0 Å². The van der Waals surface area contributed by atoms with Gasteiger partial charge in [-0.1, -0.05) is 11.6 Å². The molecule has 0 aromatic heterocycles. The predicted molar refractivity (Wildman–Crippen MR) is 50.3 cm³/mol. The van der Waals surface area contributed by atoms with Crippen molar-refractivity contribution in [3.8, 4) is 17.2 Å². The molecule has 14 heavy (non-hydrogen) atoms. The summed E-state index contributed by atoms with van der Waals surface area (Å²) in [5, 5.41) is 27.8. The lowest BCUT2D eigenvalue weighted by atomic mass is 10.1. The van der Waals surface area contributed by atoms with Gasteiger partial charge in [0.05, 0.1) is 11.6 Å². The van der Waals surface area contributed by atoms with Gasteiger partial charge in [-0.25, -0.2) is 5.90 Å². The van der Waals surface area contributed by atoms with Gasteiger partial charge < -0.3 is 20.2 Å². The number of hydrogen-bond donors (Lipinski definition) is 4. The molecule has 1 aromatic rings. The van der Waals surface area contributed by atoms with Crippen LogP contribution >= 0.6 is 11.6 Å². The minimum atomic E-state index is -0.432.